The van der Waals surface area contributed by atoms with E-state index in [2.05, 4.69) is 0 Å². The van der Waals surface area contributed by atoms with E-state index in [1.807, 2.05) is 13.0 Å². The van der Waals surface area contributed by atoms with Crippen molar-refractivity contribution in [2.24, 2.45) is 5.73 Å². The fourth-order valence-electron chi connectivity index (χ4n) is 1.82. The Morgan fingerprint density at radius 1 is 1.50 bits per heavy atom. The second kappa shape index (κ2) is 3.14. The third-order valence-corrected chi connectivity index (χ3v) is 3.58. The molecule has 0 unspecified atom stereocenters. The molecular weight excluding hydrogens is 198 g/mol. The molecule has 0 spiro atoms. The van der Waals surface area contributed by atoms with E-state index < -0.39 is 0 Å². The molecule has 0 bridgehead atoms. The highest BCUT2D eigenvalue weighted by Gasteiger charge is 2.43. The second-order valence-corrected chi connectivity index (χ2v) is 4.49. The SMILES string of the molecule is Cc1cc(C2(CN)CC2)cc(O)c1Cl. The summed E-state index contributed by atoms with van der Waals surface area (Å²) in [5.41, 5.74) is 7.88. The summed E-state index contributed by atoms with van der Waals surface area (Å²) in [6.07, 6.45) is 2.23. The Hall–Kier alpha value is -0.730. The molecule has 76 valence electrons. The molecule has 2 rings (SSSR count). The van der Waals surface area contributed by atoms with Gasteiger partial charge in [-0.2, -0.15) is 0 Å². The van der Waals surface area contributed by atoms with Gasteiger partial charge in [-0.1, -0.05) is 17.7 Å². The number of hydrogen-bond acceptors (Lipinski definition) is 2. The Balaban J connectivity index is 2.46. The van der Waals surface area contributed by atoms with Gasteiger partial charge in [0.05, 0.1) is 5.02 Å². The number of hydrogen-bond donors (Lipinski definition) is 2. The van der Waals surface area contributed by atoms with Crippen LogP contribution in [0, 0.1) is 6.92 Å². The lowest BCUT2D eigenvalue weighted by atomic mass is 9.94. The van der Waals surface area contributed by atoms with Crippen molar-refractivity contribution < 1.29 is 5.11 Å². The summed E-state index contributed by atoms with van der Waals surface area (Å²) >= 11 is 5.88. The minimum atomic E-state index is 0.118. The molecule has 1 aromatic carbocycles. The number of phenols is 1. The Bertz CT molecular complexity index is 349. The van der Waals surface area contributed by atoms with Crippen LogP contribution < -0.4 is 5.73 Å². The third kappa shape index (κ3) is 1.39. The average molecular weight is 212 g/mol. The van der Waals surface area contributed by atoms with Crippen LogP contribution in [0.15, 0.2) is 12.1 Å². The smallest absolute Gasteiger partial charge is 0.134 e. The predicted molar refractivity (Wildman–Crippen MR) is 57.8 cm³/mol. The van der Waals surface area contributed by atoms with Gasteiger partial charge in [-0.3, -0.25) is 0 Å². The molecule has 1 saturated carbocycles. The van der Waals surface area contributed by atoms with Crippen molar-refractivity contribution in [3.63, 3.8) is 0 Å². The van der Waals surface area contributed by atoms with E-state index in [4.69, 9.17) is 17.3 Å². The Labute approximate surface area is 88.7 Å². The topological polar surface area (TPSA) is 46.2 Å². The van der Waals surface area contributed by atoms with Crippen molar-refractivity contribution in [2.75, 3.05) is 6.54 Å². The first-order chi connectivity index (χ1) is 6.59. The fourth-order valence-corrected chi connectivity index (χ4v) is 1.93. The quantitative estimate of drug-likeness (QED) is 0.789. The third-order valence-electron chi connectivity index (χ3n) is 3.09. The molecule has 3 heteroatoms. The van der Waals surface area contributed by atoms with Crippen molar-refractivity contribution in [1.29, 1.82) is 0 Å². The van der Waals surface area contributed by atoms with Gasteiger partial charge in [0.15, 0.2) is 0 Å². The molecule has 0 atom stereocenters. The molecule has 0 heterocycles. The van der Waals surface area contributed by atoms with Gasteiger partial charge in [0.1, 0.15) is 5.75 Å². The van der Waals surface area contributed by atoms with Gasteiger partial charge in [-0.15, -0.1) is 0 Å². The number of rotatable bonds is 2. The van der Waals surface area contributed by atoms with E-state index in [-0.39, 0.29) is 11.2 Å². The lowest BCUT2D eigenvalue weighted by Gasteiger charge is -2.14. The van der Waals surface area contributed by atoms with E-state index in [1.54, 1.807) is 6.07 Å². The van der Waals surface area contributed by atoms with Crippen LogP contribution in [0.3, 0.4) is 0 Å². The molecule has 1 aromatic rings. The fraction of sp³-hybridized carbons (Fsp3) is 0.455. The van der Waals surface area contributed by atoms with Crippen LogP contribution in [0.1, 0.15) is 24.0 Å². The van der Waals surface area contributed by atoms with Crippen molar-refractivity contribution in [2.45, 2.75) is 25.2 Å². The zero-order valence-electron chi connectivity index (χ0n) is 8.18. The van der Waals surface area contributed by atoms with Gasteiger partial charge in [-0.05, 0) is 37.0 Å². The van der Waals surface area contributed by atoms with Gasteiger partial charge in [0.25, 0.3) is 0 Å². The average Bonchev–Trinajstić information content (AvgIpc) is 2.94. The molecule has 14 heavy (non-hydrogen) atoms. The summed E-state index contributed by atoms with van der Waals surface area (Å²) in [4.78, 5) is 0. The molecule has 0 radical (unpaired) electrons. The number of halogens is 1. The molecule has 2 nitrogen and oxygen atoms in total. The van der Waals surface area contributed by atoms with E-state index in [1.165, 1.54) is 0 Å². The standard InChI is InChI=1S/C11H14ClNO/c1-7-4-8(5-9(14)10(7)12)11(6-13)2-3-11/h4-5,14H,2-3,6,13H2,1H3. The first-order valence-electron chi connectivity index (χ1n) is 4.79. The van der Waals surface area contributed by atoms with Crippen molar-refractivity contribution >= 4 is 11.6 Å². The lowest BCUT2D eigenvalue weighted by molar-refractivity contribution is 0.473. The minimum absolute atomic E-state index is 0.118. The van der Waals surface area contributed by atoms with E-state index in [0.29, 0.717) is 11.6 Å². The maximum Gasteiger partial charge on any atom is 0.134 e. The first kappa shape index (κ1) is 9.81. The molecule has 0 amide bonds. The highest BCUT2D eigenvalue weighted by molar-refractivity contribution is 6.32. The summed E-state index contributed by atoms with van der Waals surface area (Å²) in [5.74, 6) is 0.168. The highest BCUT2D eigenvalue weighted by atomic mass is 35.5. The van der Waals surface area contributed by atoms with Crippen LogP contribution in [0.2, 0.25) is 5.02 Å². The number of aryl methyl sites for hydroxylation is 1. The monoisotopic (exact) mass is 211 g/mol. The first-order valence-corrected chi connectivity index (χ1v) is 5.16. The maximum absolute atomic E-state index is 9.59. The largest absolute Gasteiger partial charge is 0.506 e. The molecule has 1 aliphatic carbocycles. The number of aromatic hydroxyl groups is 1. The van der Waals surface area contributed by atoms with Crippen molar-refractivity contribution in [3.05, 3.63) is 28.3 Å². The number of phenolic OH excluding ortho intramolecular Hbond substituents is 1. The predicted octanol–water partition coefficient (Wildman–Crippen LogP) is 2.34. The maximum atomic E-state index is 9.59. The van der Waals surface area contributed by atoms with Crippen LogP contribution in [-0.4, -0.2) is 11.7 Å². The van der Waals surface area contributed by atoms with Crippen LogP contribution in [0.5, 0.6) is 5.75 Å². The summed E-state index contributed by atoms with van der Waals surface area (Å²) in [6.45, 7) is 2.55. The van der Waals surface area contributed by atoms with Gasteiger partial charge in [-0.25, -0.2) is 0 Å². The van der Waals surface area contributed by atoms with E-state index >= 15 is 0 Å². The van der Waals surface area contributed by atoms with Gasteiger partial charge in [0.2, 0.25) is 0 Å². The molecule has 3 N–H and O–H groups in total. The van der Waals surface area contributed by atoms with Crippen LogP contribution in [-0.2, 0) is 5.41 Å². The Kier molecular flexibility index (Phi) is 2.20. The van der Waals surface area contributed by atoms with Crippen molar-refractivity contribution in [1.82, 2.24) is 0 Å². The zero-order valence-corrected chi connectivity index (χ0v) is 8.93. The van der Waals surface area contributed by atoms with Gasteiger partial charge in [0, 0.05) is 12.0 Å². The van der Waals surface area contributed by atoms with Crippen LogP contribution in [0.25, 0.3) is 0 Å². The molecule has 0 aromatic heterocycles. The van der Waals surface area contributed by atoms with Crippen molar-refractivity contribution in [3.8, 4) is 5.75 Å². The van der Waals surface area contributed by atoms with Crippen LogP contribution in [0.4, 0.5) is 0 Å². The van der Waals surface area contributed by atoms with E-state index in [9.17, 15) is 5.11 Å². The Morgan fingerprint density at radius 2 is 2.14 bits per heavy atom. The molecule has 0 saturated heterocycles. The number of benzene rings is 1. The lowest BCUT2D eigenvalue weighted by Crippen LogP contribution is -2.19. The molecule has 1 fully saturated rings. The molecule has 1 aliphatic rings. The summed E-state index contributed by atoms with van der Waals surface area (Å²) in [5, 5.41) is 10.0. The summed E-state index contributed by atoms with van der Waals surface area (Å²) in [7, 11) is 0. The van der Waals surface area contributed by atoms with Crippen LogP contribution >= 0.6 is 11.6 Å². The summed E-state index contributed by atoms with van der Waals surface area (Å²) < 4.78 is 0. The van der Waals surface area contributed by atoms with E-state index in [0.717, 1.165) is 24.0 Å². The second-order valence-electron chi connectivity index (χ2n) is 4.11. The highest BCUT2D eigenvalue weighted by Crippen LogP contribution is 2.49. The number of nitrogens with two attached hydrogens (primary N) is 1. The van der Waals surface area contributed by atoms with Gasteiger partial charge >= 0.3 is 0 Å². The minimum Gasteiger partial charge on any atom is -0.506 e. The summed E-state index contributed by atoms with van der Waals surface area (Å²) in [6, 6.07) is 3.77. The van der Waals surface area contributed by atoms with Gasteiger partial charge < -0.3 is 10.8 Å². The molecular formula is C11H14ClNO. The normalized spacial score (nSPS) is 18.2. The Morgan fingerprint density at radius 3 is 2.57 bits per heavy atom. The zero-order chi connectivity index (χ0) is 10.3. The molecule has 0 aliphatic heterocycles.